The molecule has 1 fully saturated rings. The molecule has 1 amide bonds. The van der Waals surface area contributed by atoms with E-state index in [4.69, 9.17) is 4.74 Å². The Bertz CT molecular complexity index is 708. The summed E-state index contributed by atoms with van der Waals surface area (Å²) in [5.41, 5.74) is 0.375. The van der Waals surface area contributed by atoms with Gasteiger partial charge in [0.05, 0.1) is 10.9 Å². The van der Waals surface area contributed by atoms with Crippen molar-refractivity contribution in [3.63, 3.8) is 0 Å². The first-order valence-electron chi connectivity index (χ1n) is 8.56. The van der Waals surface area contributed by atoms with Crippen LogP contribution in [0.5, 0.6) is 0 Å². The minimum Gasteiger partial charge on any atom is -0.444 e. The van der Waals surface area contributed by atoms with Crippen LogP contribution in [0.1, 0.15) is 52.1 Å². The Morgan fingerprint density at radius 3 is 2.32 bits per heavy atom. The molecule has 1 heterocycles. The van der Waals surface area contributed by atoms with Gasteiger partial charge in [-0.3, -0.25) is 0 Å². The number of hydrogen-bond acceptors (Lipinski definition) is 4. The monoisotopic (exact) mass is 368 g/mol. The van der Waals surface area contributed by atoms with Gasteiger partial charge in [-0.15, -0.1) is 0 Å². The minimum absolute atomic E-state index is 0.0996. The predicted octanol–water partition coefficient (Wildman–Crippen LogP) is 3.30. The third kappa shape index (κ3) is 4.95. The van der Waals surface area contributed by atoms with Crippen LogP contribution in [0.4, 0.5) is 4.79 Å². The molecule has 7 heteroatoms. The highest BCUT2D eigenvalue weighted by Crippen LogP contribution is 2.34. The lowest BCUT2D eigenvalue weighted by Crippen LogP contribution is -2.44. The highest BCUT2D eigenvalue weighted by atomic mass is 32.2. The summed E-state index contributed by atoms with van der Waals surface area (Å²) in [5, 5.41) is 0. The lowest BCUT2D eigenvalue weighted by atomic mass is 9.90. The Morgan fingerprint density at radius 2 is 1.80 bits per heavy atom. The van der Waals surface area contributed by atoms with E-state index in [2.05, 4.69) is 11.6 Å². The number of ether oxygens (including phenoxy) is 1. The van der Waals surface area contributed by atoms with Gasteiger partial charge in [0.25, 0.3) is 0 Å². The fraction of sp³-hybridized carbons (Fsp3) is 0.611. The Morgan fingerprint density at radius 1 is 1.20 bits per heavy atom. The molecule has 0 radical (unpaired) electrons. The molecule has 0 aromatic heterocycles. The van der Waals surface area contributed by atoms with Crippen LogP contribution in [0.15, 0.2) is 29.2 Å². The van der Waals surface area contributed by atoms with E-state index in [-0.39, 0.29) is 17.0 Å². The Balaban J connectivity index is 2.26. The Kier molecular flexibility index (Phi) is 5.79. The highest BCUT2D eigenvalue weighted by Gasteiger charge is 2.34. The first kappa shape index (κ1) is 19.7. The molecule has 1 aliphatic heterocycles. The lowest BCUT2D eigenvalue weighted by Gasteiger charge is -2.39. The second-order valence-corrected chi connectivity index (χ2v) is 9.49. The second kappa shape index (κ2) is 7.33. The van der Waals surface area contributed by atoms with Gasteiger partial charge in [-0.2, -0.15) is 0 Å². The van der Waals surface area contributed by atoms with E-state index in [9.17, 15) is 13.2 Å². The largest absolute Gasteiger partial charge is 0.444 e. The van der Waals surface area contributed by atoms with Crippen LogP contribution in [0.25, 0.3) is 0 Å². The fourth-order valence-electron chi connectivity index (χ4n) is 3.01. The molecule has 140 valence electrons. The van der Waals surface area contributed by atoms with E-state index in [0.29, 0.717) is 12.5 Å². The number of likely N-dealkylation sites (tertiary alicyclic amines) is 1. The molecule has 25 heavy (non-hydrogen) atoms. The zero-order valence-electron chi connectivity index (χ0n) is 15.6. The number of amides is 1. The van der Waals surface area contributed by atoms with Crippen molar-refractivity contribution in [1.29, 1.82) is 0 Å². The number of carbonyl (C=O) groups excluding carboxylic acids is 1. The maximum Gasteiger partial charge on any atom is 0.410 e. The molecule has 0 spiro atoms. The molecule has 1 aromatic carbocycles. The number of benzene rings is 1. The summed E-state index contributed by atoms with van der Waals surface area (Å²) >= 11 is 0. The smallest absolute Gasteiger partial charge is 0.410 e. The van der Waals surface area contributed by atoms with Crippen LogP contribution < -0.4 is 4.72 Å². The Hall–Kier alpha value is -1.60. The highest BCUT2D eigenvalue weighted by molar-refractivity contribution is 7.89. The molecule has 1 aromatic rings. The van der Waals surface area contributed by atoms with E-state index in [1.54, 1.807) is 29.2 Å². The zero-order valence-corrected chi connectivity index (χ0v) is 16.4. The maximum atomic E-state index is 12.6. The third-order valence-corrected chi connectivity index (χ3v) is 5.72. The molecule has 6 nitrogen and oxygen atoms in total. The molecule has 1 N–H and O–H groups in total. The number of hydrogen-bond donors (Lipinski definition) is 1. The molecule has 2 unspecified atom stereocenters. The SMILES string of the molecule is CNS(=O)(=O)c1ccc(C2CCC(C)CN2C(=O)OC(C)(C)C)cc1. The summed E-state index contributed by atoms with van der Waals surface area (Å²) in [5.74, 6) is 0.410. The van der Waals surface area contributed by atoms with Gasteiger partial charge in [0.2, 0.25) is 10.0 Å². The average molecular weight is 368 g/mol. The van der Waals surface area contributed by atoms with Crippen molar-refractivity contribution in [3.05, 3.63) is 29.8 Å². The van der Waals surface area contributed by atoms with E-state index < -0.39 is 15.6 Å². The van der Waals surface area contributed by atoms with Crippen molar-refractivity contribution in [3.8, 4) is 0 Å². The molecular formula is C18H28N2O4S. The molecule has 0 bridgehead atoms. The van der Waals surface area contributed by atoms with Crippen molar-refractivity contribution in [2.45, 2.75) is 57.1 Å². The summed E-state index contributed by atoms with van der Waals surface area (Å²) in [6.07, 6.45) is 1.52. The molecule has 0 aliphatic carbocycles. The maximum absolute atomic E-state index is 12.6. The van der Waals surface area contributed by atoms with Crippen molar-refractivity contribution in [2.75, 3.05) is 13.6 Å². The molecule has 2 rings (SSSR count). The van der Waals surface area contributed by atoms with E-state index >= 15 is 0 Å². The molecule has 1 aliphatic rings. The quantitative estimate of drug-likeness (QED) is 0.888. The summed E-state index contributed by atoms with van der Waals surface area (Å²) in [4.78, 5) is 14.6. The van der Waals surface area contributed by atoms with Gasteiger partial charge in [0, 0.05) is 6.54 Å². The fourth-order valence-corrected chi connectivity index (χ4v) is 3.74. The number of sulfonamides is 1. The van der Waals surface area contributed by atoms with Gasteiger partial charge in [-0.1, -0.05) is 19.1 Å². The second-order valence-electron chi connectivity index (χ2n) is 7.61. The number of nitrogens with zero attached hydrogens (tertiary/aromatic N) is 1. The molecular weight excluding hydrogens is 340 g/mol. The lowest BCUT2D eigenvalue weighted by molar-refractivity contribution is 0.00363. The van der Waals surface area contributed by atoms with Gasteiger partial charge in [0.1, 0.15) is 5.60 Å². The first-order valence-corrected chi connectivity index (χ1v) is 10.0. The normalized spacial score (nSPS) is 21.9. The van der Waals surface area contributed by atoms with Crippen LogP contribution in [0.2, 0.25) is 0 Å². The number of nitrogens with one attached hydrogen (secondary N) is 1. The summed E-state index contributed by atoms with van der Waals surface area (Å²) in [6, 6.07) is 6.61. The summed E-state index contributed by atoms with van der Waals surface area (Å²) < 4.78 is 31.6. The van der Waals surface area contributed by atoms with Crippen LogP contribution in [-0.4, -0.2) is 38.6 Å². The number of rotatable bonds is 3. The topological polar surface area (TPSA) is 75.7 Å². The third-order valence-electron chi connectivity index (χ3n) is 4.29. The molecule has 2 atom stereocenters. The molecule has 0 saturated carbocycles. The van der Waals surface area contributed by atoms with Crippen molar-refractivity contribution in [1.82, 2.24) is 9.62 Å². The van der Waals surface area contributed by atoms with Gasteiger partial charge in [-0.05, 0) is 64.3 Å². The van der Waals surface area contributed by atoms with Gasteiger partial charge >= 0.3 is 6.09 Å². The molecule has 1 saturated heterocycles. The first-order chi connectivity index (χ1) is 11.5. The van der Waals surface area contributed by atoms with Crippen LogP contribution in [0.3, 0.4) is 0 Å². The van der Waals surface area contributed by atoms with Gasteiger partial charge in [0.15, 0.2) is 0 Å². The summed E-state index contributed by atoms with van der Waals surface area (Å²) in [7, 11) is -2.08. The standard InChI is InChI=1S/C18H28N2O4S/c1-13-6-11-16(20(12-13)17(21)24-18(2,3)4)14-7-9-15(10-8-14)25(22,23)19-5/h7-10,13,16,19H,6,11-12H2,1-5H3. The average Bonchev–Trinajstić information content (AvgIpc) is 2.53. The van der Waals surface area contributed by atoms with Crippen molar-refractivity contribution < 1.29 is 17.9 Å². The number of carbonyl (C=O) groups is 1. The minimum atomic E-state index is -3.46. The van der Waals surface area contributed by atoms with Crippen molar-refractivity contribution in [2.24, 2.45) is 5.92 Å². The van der Waals surface area contributed by atoms with Crippen LogP contribution >= 0.6 is 0 Å². The van der Waals surface area contributed by atoms with Crippen molar-refractivity contribution >= 4 is 16.1 Å². The summed E-state index contributed by atoms with van der Waals surface area (Å²) in [6.45, 7) is 8.31. The zero-order chi connectivity index (χ0) is 18.8. The van der Waals surface area contributed by atoms with E-state index in [1.807, 2.05) is 20.8 Å². The Labute approximate surface area is 150 Å². The number of piperidine rings is 1. The predicted molar refractivity (Wildman–Crippen MR) is 96.8 cm³/mol. The van der Waals surface area contributed by atoms with E-state index in [1.165, 1.54) is 7.05 Å². The van der Waals surface area contributed by atoms with Gasteiger partial charge < -0.3 is 9.64 Å². The van der Waals surface area contributed by atoms with Crippen LogP contribution in [-0.2, 0) is 14.8 Å². The van der Waals surface area contributed by atoms with Gasteiger partial charge in [-0.25, -0.2) is 17.9 Å². The van der Waals surface area contributed by atoms with E-state index in [0.717, 1.165) is 18.4 Å². The van der Waals surface area contributed by atoms with Crippen LogP contribution in [0, 0.1) is 5.92 Å².